The van der Waals surface area contributed by atoms with Gasteiger partial charge in [-0.1, -0.05) is 48.5 Å². The molecule has 0 radical (unpaired) electrons. The number of amides is 2. The van der Waals surface area contributed by atoms with Crippen LogP contribution in [0.15, 0.2) is 60.7 Å². The summed E-state index contributed by atoms with van der Waals surface area (Å²) in [5.41, 5.74) is 4.06. The van der Waals surface area contributed by atoms with E-state index in [1.54, 1.807) is 19.0 Å². The maximum Gasteiger partial charge on any atom is 0.410 e. The molecule has 2 aromatic carbocycles. The maximum atomic E-state index is 12.8. The molecule has 1 fully saturated rings. The molecule has 0 aliphatic carbocycles. The Balaban J connectivity index is 1.48. The third-order valence-electron chi connectivity index (χ3n) is 5.96. The fraction of sp³-hybridized carbons (Fsp3) is 0.360. The minimum absolute atomic E-state index is 0.00313. The normalized spacial score (nSPS) is 20.3. The molecule has 2 aliphatic rings. The molecule has 5 heteroatoms. The first-order valence-corrected chi connectivity index (χ1v) is 10.5. The summed E-state index contributed by atoms with van der Waals surface area (Å²) in [7, 11) is 3.51. The fourth-order valence-electron chi connectivity index (χ4n) is 4.41. The lowest BCUT2D eigenvalue weighted by molar-refractivity contribution is 0.0510. The van der Waals surface area contributed by atoms with Crippen molar-refractivity contribution in [1.82, 2.24) is 9.80 Å². The quantitative estimate of drug-likeness (QED) is 0.740. The van der Waals surface area contributed by atoms with Gasteiger partial charge in [-0.3, -0.25) is 9.69 Å². The average molecular weight is 405 g/mol. The second-order valence-corrected chi connectivity index (χ2v) is 8.27. The first-order valence-electron chi connectivity index (χ1n) is 10.5. The van der Waals surface area contributed by atoms with E-state index in [0.29, 0.717) is 12.2 Å². The van der Waals surface area contributed by atoms with Gasteiger partial charge in [0, 0.05) is 25.7 Å². The van der Waals surface area contributed by atoms with Crippen LogP contribution < -0.4 is 0 Å². The summed E-state index contributed by atoms with van der Waals surface area (Å²) >= 11 is 0. The van der Waals surface area contributed by atoms with Crippen LogP contribution in [0.25, 0.3) is 5.57 Å². The number of fused-ring (bicyclic) bond motifs is 2. The molecule has 2 unspecified atom stereocenters. The fourth-order valence-corrected chi connectivity index (χ4v) is 4.41. The van der Waals surface area contributed by atoms with Crippen LogP contribution in [0, 0.1) is 0 Å². The van der Waals surface area contributed by atoms with Crippen LogP contribution in [0.1, 0.15) is 47.2 Å². The summed E-state index contributed by atoms with van der Waals surface area (Å²) in [4.78, 5) is 28.5. The minimum atomic E-state index is -0.226. The Kier molecular flexibility index (Phi) is 5.88. The predicted octanol–water partition coefficient (Wildman–Crippen LogP) is 4.74. The monoisotopic (exact) mass is 404 g/mol. The number of rotatable bonds is 4. The van der Waals surface area contributed by atoms with Crippen molar-refractivity contribution in [1.29, 1.82) is 0 Å². The molecule has 0 spiro atoms. The molecule has 2 amide bonds. The van der Waals surface area contributed by atoms with Gasteiger partial charge < -0.3 is 9.64 Å². The smallest absolute Gasteiger partial charge is 0.410 e. The van der Waals surface area contributed by atoms with E-state index in [2.05, 4.69) is 6.08 Å². The van der Waals surface area contributed by atoms with E-state index < -0.39 is 0 Å². The molecule has 2 bridgehead atoms. The van der Waals surface area contributed by atoms with Gasteiger partial charge in [0.15, 0.2) is 0 Å². The molecule has 0 N–H and O–H groups in total. The van der Waals surface area contributed by atoms with Gasteiger partial charge in [-0.05, 0) is 54.5 Å². The number of hydrogen-bond acceptors (Lipinski definition) is 3. The van der Waals surface area contributed by atoms with Crippen molar-refractivity contribution in [2.45, 2.75) is 44.4 Å². The average Bonchev–Trinajstić information content (AvgIpc) is 2.77. The number of nitrogens with zero attached hydrogens (tertiary/aromatic N) is 2. The van der Waals surface area contributed by atoms with Gasteiger partial charge in [0.05, 0.1) is 6.04 Å². The van der Waals surface area contributed by atoms with Gasteiger partial charge in [-0.25, -0.2) is 4.79 Å². The zero-order valence-corrected chi connectivity index (χ0v) is 17.6. The van der Waals surface area contributed by atoms with Crippen molar-refractivity contribution >= 4 is 17.6 Å². The molecule has 30 heavy (non-hydrogen) atoms. The van der Waals surface area contributed by atoms with Crippen LogP contribution >= 0.6 is 0 Å². The Hall–Kier alpha value is -3.08. The largest absolute Gasteiger partial charge is 0.445 e. The number of benzene rings is 2. The molecule has 5 nitrogen and oxygen atoms in total. The first-order chi connectivity index (χ1) is 14.5. The van der Waals surface area contributed by atoms with Crippen molar-refractivity contribution in [3.8, 4) is 0 Å². The van der Waals surface area contributed by atoms with Crippen molar-refractivity contribution in [2.24, 2.45) is 0 Å². The molecule has 156 valence electrons. The predicted molar refractivity (Wildman–Crippen MR) is 117 cm³/mol. The van der Waals surface area contributed by atoms with E-state index in [0.717, 1.165) is 36.8 Å². The summed E-state index contributed by atoms with van der Waals surface area (Å²) in [5, 5.41) is 0. The van der Waals surface area contributed by atoms with Gasteiger partial charge in [0.2, 0.25) is 0 Å². The Morgan fingerprint density at radius 3 is 2.43 bits per heavy atom. The van der Waals surface area contributed by atoms with Crippen LogP contribution in [0.5, 0.6) is 0 Å². The topological polar surface area (TPSA) is 49.9 Å². The van der Waals surface area contributed by atoms with Gasteiger partial charge in [0.25, 0.3) is 5.91 Å². The van der Waals surface area contributed by atoms with Crippen LogP contribution in [0.3, 0.4) is 0 Å². The van der Waals surface area contributed by atoms with Gasteiger partial charge in [-0.2, -0.15) is 0 Å². The van der Waals surface area contributed by atoms with Crippen LogP contribution in [0.2, 0.25) is 0 Å². The summed E-state index contributed by atoms with van der Waals surface area (Å²) in [6.45, 7) is 0.299. The maximum absolute atomic E-state index is 12.8. The highest BCUT2D eigenvalue weighted by Crippen LogP contribution is 2.37. The zero-order valence-electron chi connectivity index (χ0n) is 17.6. The molecule has 2 aliphatic heterocycles. The number of carbonyl (C=O) groups excluding carboxylic acids is 2. The summed E-state index contributed by atoms with van der Waals surface area (Å²) in [5.74, 6) is 0.00313. The molecule has 2 atom stereocenters. The molecule has 4 rings (SSSR count). The number of piperidine rings is 1. The van der Waals surface area contributed by atoms with E-state index in [-0.39, 0.29) is 24.1 Å². The van der Waals surface area contributed by atoms with Crippen LogP contribution in [-0.2, 0) is 11.3 Å². The number of hydrogen-bond donors (Lipinski definition) is 0. The Morgan fingerprint density at radius 1 is 1.03 bits per heavy atom. The van der Waals surface area contributed by atoms with E-state index in [4.69, 9.17) is 4.74 Å². The number of carbonyl (C=O) groups is 2. The molecular weight excluding hydrogens is 376 g/mol. The molecule has 2 aromatic rings. The van der Waals surface area contributed by atoms with E-state index in [1.165, 1.54) is 5.57 Å². The summed E-state index contributed by atoms with van der Waals surface area (Å²) in [6, 6.07) is 17.8. The standard InChI is InChI=1S/C25H28N2O3/c1-26(2)24(28)20-13-11-19(12-14-20)21-15-22-9-6-10-23(16-21)27(22)25(29)30-17-18-7-4-3-5-8-18/h3-5,7-8,11-15,22-23H,6,9-10,16-17H2,1-2H3. The number of ether oxygens (including phenoxy) is 1. The minimum Gasteiger partial charge on any atom is -0.445 e. The van der Waals surface area contributed by atoms with Crippen molar-refractivity contribution < 1.29 is 14.3 Å². The summed E-state index contributed by atoms with van der Waals surface area (Å²) < 4.78 is 5.62. The van der Waals surface area contributed by atoms with Gasteiger partial charge in [-0.15, -0.1) is 0 Å². The Bertz CT molecular complexity index is 935. The SMILES string of the molecule is CN(C)C(=O)c1ccc(C2=CC3CCCC(C2)N3C(=O)OCc2ccccc2)cc1. The highest BCUT2D eigenvalue weighted by atomic mass is 16.6. The third kappa shape index (κ3) is 4.25. The second kappa shape index (κ2) is 8.74. The van der Waals surface area contributed by atoms with E-state index in [9.17, 15) is 9.59 Å². The molecule has 1 saturated heterocycles. The van der Waals surface area contributed by atoms with Gasteiger partial charge in [0.1, 0.15) is 6.61 Å². The van der Waals surface area contributed by atoms with E-state index in [1.807, 2.05) is 59.5 Å². The van der Waals surface area contributed by atoms with Gasteiger partial charge >= 0.3 is 6.09 Å². The van der Waals surface area contributed by atoms with Crippen LogP contribution in [0.4, 0.5) is 4.79 Å². The molecular formula is C25H28N2O3. The second-order valence-electron chi connectivity index (χ2n) is 8.27. The zero-order chi connectivity index (χ0) is 21.1. The van der Waals surface area contributed by atoms with Crippen molar-refractivity contribution in [3.05, 3.63) is 77.4 Å². The van der Waals surface area contributed by atoms with Crippen molar-refractivity contribution in [3.63, 3.8) is 0 Å². The Morgan fingerprint density at radius 2 is 1.77 bits per heavy atom. The summed E-state index contributed by atoms with van der Waals surface area (Å²) in [6.07, 6.45) is 5.87. The molecule has 2 heterocycles. The lowest BCUT2D eigenvalue weighted by Crippen LogP contribution is -2.51. The third-order valence-corrected chi connectivity index (χ3v) is 5.96. The van der Waals surface area contributed by atoms with Crippen molar-refractivity contribution in [2.75, 3.05) is 14.1 Å². The molecule has 0 aromatic heterocycles. The Labute approximate surface area is 177 Å². The van der Waals surface area contributed by atoms with Crippen LogP contribution in [-0.4, -0.2) is 48.0 Å². The lowest BCUT2D eigenvalue weighted by atomic mass is 9.83. The molecule has 0 saturated carbocycles. The van der Waals surface area contributed by atoms with E-state index >= 15 is 0 Å². The lowest BCUT2D eigenvalue weighted by Gasteiger charge is -2.44. The highest BCUT2D eigenvalue weighted by Gasteiger charge is 2.38. The first kappa shape index (κ1) is 20.2. The highest BCUT2D eigenvalue weighted by molar-refractivity contribution is 5.94.